The fraction of sp³-hybridized carbons (Fsp3) is 0. The molecule has 22 rings (SSSR count). The van der Waals surface area contributed by atoms with Crippen LogP contribution in [0.5, 0.6) is 0 Å². The van der Waals surface area contributed by atoms with Crippen LogP contribution >= 0.6 is 22.7 Å². The fourth-order valence-corrected chi connectivity index (χ4v) is 17.5. The monoisotopic (exact) mass is 1540 g/mol. The van der Waals surface area contributed by atoms with Crippen molar-refractivity contribution in [3.05, 3.63) is 389 Å². The van der Waals surface area contributed by atoms with Crippen LogP contribution in [0.3, 0.4) is 0 Å². The van der Waals surface area contributed by atoms with Crippen molar-refractivity contribution >= 4 is 85.6 Å². The van der Waals surface area contributed by atoms with Gasteiger partial charge in [0.05, 0.1) is 37.2 Å². The zero-order valence-corrected chi connectivity index (χ0v) is 64.8. The van der Waals surface area contributed by atoms with E-state index in [1.807, 2.05) is 115 Å². The number of benzene rings is 14. The minimum Gasteiger partial charge on any atom is -0.253 e. The van der Waals surface area contributed by atoms with Gasteiger partial charge in [0.2, 0.25) is 0 Å². The lowest BCUT2D eigenvalue weighted by Crippen LogP contribution is -2.00. The first-order chi connectivity index (χ1) is 58.4. The topological polar surface area (TPSA) is 155 Å². The average Bonchev–Trinajstić information content (AvgIpc) is 1.61. The lowest BCUT2D eigenvalue weighted by atomic mass is 9.96. The zero-order valence-electron chi connectivity index (χ0n) is 63.1. The molecule has 0 unspecified atom stereocenters. The number of pyridine rings is 2. The third-order valence-corrected chi connectivity index (χ3v) is 23.5. The Balaban J connectivity index is 0.000000147. The Kier molecular flexibility index (Phi) is 18.4. The van der Waals surface area contributed by atoms with Crippen LogP contribution in [0.4, 0.5) is 0 Å². The van der Waals surface area contributed by atoms with Gasteiger partial charge in [-0.15, -0.1) is 22.7 Å². The van der Waals surface area contributed by atoms with Crippen molar-refractivity contribution < 1.29 is 0 Å². The number of hydrogen-bond donors (Lipinski definition) is 0. The summed E-state index contributed by atoms with van der Waals surface area (Å²) in [4.78, 5) is 60.9. The van der Waals surface area contributed by atoms with Gasteiger partial charge in [-0.1, -0.05) is 322 Å². The standard InChI is InChI=1S/2C52H32N6S/c1-3-11-33(12-4-1)34-23-27-38(28-24-34)50-56-49(37-13-5-2-6-14-37)57-51(58-50)42-18-10-17-41(32-42)40-16-9-15-39(31-40)35-21-25-36(26-22-35)43-29-30-53-46-47-52(59-48(43)46)55-45-20-8-7-19-44(45)54-47;1-3-11-33(12-4-1)34-23-27-38(28-24-34)50-56-49(37-13-5-2-6-14-37)57-51(58-50)43-19-10-18-41(30-43)40-17-9-16-39(29-40)35-21-25-36(26-22-35)46-48-47(54-32-53-46)44-31-42-15-7-8-20-45(42)55-52(44)59-48/h2*1-32H. The molecule has 0 aliphatic carbocycles. The minimum atomic E-state index is 0.621. The molecule has 8 heterocycles. The van der Waals surface area contributed by atoms with Crippen LogP contribution in [0, 0.1) is 0 Å². The molecule has 0 radical (unpaired) electrons. The van der Waals surface area contributed by atoms with Gasteiger partial charge in [0.1, 0.15) is 27.0 Å². The number of para-hydroxylation sites is 3. The van der Waals surface area contributed by atoms with E-state index in [4.69, 9.17) is 54.8 Å². The highest BCUT2D eigenvalue weighted by Crippen LogP contribution is 2.43. The van der Waals surface area contributed by atoms with Crippen molar-refractivity contribution in [1.29, 1.82) is 0 Å². The van der Waals surface area contributed by atoms with E-state index in [9.17, 15) is 0 Å². The summed E-state index contributed by atoms with van der Waals surface area (Å²) in [5.74, 6) is 3.77. The van der Waals surface area contributed by atoms with Gasteiger partial charge in [-0.05, 0) is 127 Å². The van der Waals surface area contributed by atoms with Crippen LogP contribution in [-0.2, 0) is 0 Å². The average molecular weight is 1550 g/mol. The normalized spacial score (nSPS) is 11.4. The summed E-state index contributed by atoms with van der Waals surface area (Å²) in [5, 5.41) is 2.17. The molecular formula is C104H64N12S2. The van der Waals surface area contributed by atoms with Crippen LogP contribution in [-0.4, -0.2) is 59.8 Å². The lowest BCUT2D eigenvalue weighted by Gasteiger charge is -2.11. The Morgan fingerprint density at radius 3 is 1.00 bits per heavy atom. The van der Waals surface area contributed by atoms with E-state index < -0.39 is 0 Å². The maximum Gasteiger partial charge on any atom is 0.164 e. The van der Waals surface area contributed by atoms with E-state index in [1.165, 1.54) is 11.1 Å². The summed E-state index contributed by atoms with van der Waals surface area (Å²) in [5.41, 5.74) is 28.7. The smallest absolute Gasteiger partial charge is 0.164 e. The molecule has 0 saturated carbocycles. The van der Waals surface area contributed by atoms with E-state index in [-0.39, 0.29) is 0 Å². The van der Waals surface area contributed by atoms with Crippen LogP contribution in [0.1, 0.15) is 0 Å². The third kappa shape index (κ3) is 14.0. The van der Waals surface area contributed by atoms with Crippen molar-refractivity contribution in [2.75, 3.05) is 0 Å². The van der Waals surface area contributed by atoms with Gasteiger partial charge in [0.25, 0.3) is 0 Å². The number of fused-ring (bicyclic) bond motifs is 8. The van der Waals surface area contributed by atoms with Gasteiger partial charge in [-0.3, -0.25) is 4.98 Å². The van der Waals surface area contributed by atoms with E-state index >= 15 is 0 Å². The molecule has 0 atom stereocenters. The number of thiophene rings is 2. The molecule has 0 aliphatic heterocycles. The Morgan fingerprint density at radius 1 is 0.186 bits per heavy atom. The van der Waals surface area contributed by atoms with E-state index in [1.54, 1.807) is 29.0 Å². The number of hydrogen-bond acceptors (Lipinski definition) is 14. The molecule has 0 aliphatic rings. The summed E-state index contributed by atoms with van der Waals surface area (Å²) in [6.07, 6.45) is 3.53. The second-order valence-electron chi connectivity index (χ2n) is 28.7. The van der Waals surface area contributed by atoms with Crippen molar-refractivity contribution in [1.82, 2.24) is 59.8 Å². The SMILES string of the molecule is c1ccc(-c2ccc(-c3nc(-c4ccccc4)nc(-c4cccc(-c5cccc(-c6ccc(-c7ccnc8c7sc7nc9ccccc9nc78)cc6)c5)c4)n3)cc2)cc1.c1ccc(-c2ccc(-c3nc(-c4ccccc4)nc(-c4cccc(-c5cccc(-c6ccc(-c7ncnc8c7sc7nc9ccccc9cc78)cc6)c5)c4)n3)cc2)cc1. The van der Waals surface area contributed by atoms with Crippen LogP contribution < -0.4 is 0 Å². The highest BCUT2D eigenvalue weighted by molar-refractivity contribution is 7.26. The highest BCUT2D eigenvalue weighted by atomic mass is 32.1. The van der Waals surface area contributed by atoms with E-state index in [2.05, 4.69) is 272 Å². The molecule has 0 spiro atoms. The number of nitrogens with zero attached hydrogens (tertiary/aromatic N) is 12. The largest absolute Gasteiger partial charge is 0.253 e. The first kappa shape index (κ1) is 70.4. The molecule has 0 bridgehead atoms. The Labute approximate surface area is 686 Å². The summed E-state index contributed by atoms with van der Waals surface area (Å²) >= 11 is 3.30. The predicted octanol–water partition coefficient (Wildman–Crippen LogP) is 26.5. The zero-order chi connectivity index (χ0) is 78.2. The Bertz CT molecular complexity index is 7070. The molecule has 0 amide bonds. The second-order valence-corrected chi connectivity index (χ2v) is 30.7. The third-order valence-electron chi connectivity index (χ3n) is 21.3. The van der Waals surface area contributed by atoms with Gasteiger partial charge >= 0.3 is 0 Å². The minimum absolute atomic E-state index is 0.621. The summed E-state index contributed by atoms with van der Waals surface area (Å²) in [7, 11) is 0. The molecular weight excluding hydrogens is 1480 g/mol. The lowest BCUT2D eigenvalue weighted by molar-refractivity contribution is 1.07. The van der Waals surface area contributed by atoms with Crippen molar-refractivity contribution in [3.8, 4) is 157 Å². The van der Waals surface area contributed by atoms with E-state index in [0.717, 1.165) is 174 Å². The molecule has 118 heavy (non-hydrogen) atoms. The summed E-state index contributed by atoms with van der Waals surface area (Å²) in [6, 6.07) is 130. The first-order valence-corrected chi connectivity index (χ1v) is 40.5. The molecule has 0 saturated heterocycles. The summed E-state index contributed by atoms with van der Waals surface area (Å²) in [6.45, 7) is 0. The fourth-order valence-electron chi connectivity index (χ4n) is 15.2. The molecule has 14 heteroatoms. The van der Waals surface area contributed by atoms with Gasteiger partial charge in [-0.2, -0.15) is 0 Å². The molecule has 12 nitrogen and oxygen atoms in total. The number of rotatable bonds is 14. The molecule has 552 valence electrons. The van der Waals surface area contributed by atoms with E-state index in [0.29, 0.717) is 34.9 Å². The molecule has 22 aromatic rings. The Morgan fingerprint density at radius 2 is 0.517 bits per heavy atom. The first-order valence-electron chi connectivity index (χ1n) is 38.9. The quantitative estimate of drug-likeness (QED) is 0.102. The maximum atomic E-state index is 5.05. The van der Waals surface area contributed by atoms with Gasteiger partial charge in [-0.25, -0.2) is 54.8 Å². The molecule has 8 aromatic heterocycles. The number of aromatic nitrogens is 12. The van der Waals surface area contributed by atoms with Crippen LogP contribution in [0.2, 0.25) is 0 Å². The van der Waals surface area contributed by atoms with Crippen LogP contribution in [0.15, 0.2) is 389 Å². The molecule has 14 aromatic carbocycles. The highest BCUT2D eigenvalue weighted by Gasteiger charge is 2.21. The van der Waals surface area contributed by atoms with Crippen molar-refractivity contribution in [2.24, 2.45) is 0 Å². The summed E-state index contributed by atoms with van der Waals surface area (Å²) < 4.78 is 2.14. The Hall–Kier alpha value is -15.5. The van der Waals surface area contributed by atoms with Gasteiger partial charge < -0.3 is 0 Å². The van der Waals surface area contributed by atoms with Gasteiger partial charge in [0, 0.05) is 61.5 Å². The predicted molar refractivity (Wildman–Crippen MR) is 483 cm³/mol. The molecule has 0 N–H and O–H groups in total. The second kappa shape index (κ2) is 30.8. The van der Waals surface area contributed by atoms with Crippen LogP contribution in [0.25, 0.3) is 220 Å². The van der Waals surface area contributed by atoms with Crippen molar-refractivity contribution in [2.45, 2.75) is 0 Å². The van der Waals surface area contributed by atoms with Gasteiger partial charge in [0.15, 0.2) is 34.9 Å². The maximum absolute atomic E-state index is 5.05. The van der Waals surface area contributed by atoms with Crippen molar-refractivity contribution in [3.63, 3.8) is 0 Å². The molecule has 0 fully saturated rings.